The molecule has 2 N–H and O–H groups in total. The van der Waals surface area contributed by atoms with Gasteiger partial charge in [-0.2, -0.15) is 0 Å². The van der Waals surface area contributed by atoms with Crippen LogP contribution < -0.4 is 10.6 Å². The third kappa shape index (κ3) is 2.17. The molecule has 15 heavy (non-hydrogen) atoms. The Kier molecular flexibility index (Phi) is 2.72. The summed E-state index contributed by atoms with van der Waals surface area (Å²) >= 11 is 2.17. The number of imide groups is 1. The smallest absolute Gasteiger partial charge is 0.303 e. The van der Waals surface area contributed by atoms with Crippen molar-refractivity contribution in [1.29, 1.82) is 0 Å². The third-order valence-corrected chi connectivity index (χ3v) is 2.91. The molecule has 0 aliphatic carbocycles. The van der Waals surface area contributed by atoms with Gasteiger partial charge in [0.15, 0.2) is 0 Å². The van der Waals surface area contributed by atoms with Crippen LogP contribution in [0.15, 0.2) is 30.0 Å². The number of hydrogen-bond acceptors (Lipinski definition) is 2. The largest absolute Gasteiger partial charge is 0.326 e. The van der Waals surface area contributed by atoms with E-state index in [1.807, 2.05) is 24.3 Å². The summed E-state index contributed by atoms with van der Waals surface area (Å²) in [6.45, 7) is 0. The molecule has 1 saturated heterocycles. The Morgan fingerprint density at radius 2 is 1.87 bits per heavy atom. The second-order valence-electron chi connectivity index (χ2n) is 2.99. The summed E-state index contributed by atoms with van der Waals surface area (Å²) in [4.78, 5) is 22.1. The van der Waals surface area contributed by atoms with Gasteiger partial charge in [0.05, 0.1) is 0 Å². The van der Waals surface area contributed by atoms with Gasteiger partial charge in [-0.1, -0.05) is 18.2 Å². The first-order chi connectivity index (χ1) is 7.16. The van der Waals surface area contributed by atoms with Crippen LogP contribution in [0.25, 0.3) is 6.08 Å². The molecular weight excluding hydrogens is 307 g/mol. The predicted octanol–water partition coefficient (Wildman–Crippen LogP) is 1.47. The second kappa shape index (κ2) is 4.01. The van der Waals surface area contributed by atoms with E-state index < -0.39 is 6.03 Å². The van der Waals surface area contributed by atoms with Crippen LogP contribution in [0, 0.1) is 3.57 Å². The van der Waals surface area contributed by atoms with Gasteiger partial charge in [-0.15, -0.1) is 0 Å². The lowest BCUT2D eigenvalue weighted by Crippen LogP contribution is -2.22. The Morgan fingerprint density at radius 1 is 1.13 bits per heavy atom. The maximum absolute atomic E-state index is 11.2. The summed E-state index contributed by atoms with van der Waals surface area (Å²) in [5, 5.41) is 4.58. The molecule has 4 nitrogen and oxygen atoms in total. The molecule has 0 bridgehead atoms. The molecule has 2 rings (SSSR count). The number of halogens is 1. The standard InChI is InChI=1S/C10H7IN2O2/c11-7-4-2-1-3-6(7)5-8-9(14)13-10(15)12-8/h1-5H,(H2,12,13,14,15)/b8-5+. The van der Waals surface area contributed by atoms with Gasteiger partial charge in [-0.3, -0.25) is 10.1 Å². The van der Waals surface area contributed by atoms with E-state index in [0.29, 0.717) is 0 Å². The van der Waals surface area contributed by atoms with Crippen molar-refractivity contribution in [3.63, 3.8) is 0 Å². The number of carbonyl (C=O) groups excluding carboxylic acids is 2. The maximum Gasteiger partial charge on any atom is 0.326 e. The van der Waals surface area contributed by atoms with E-state index in [0.717, 1.165) is 9.13 Å². The average molecular weight is 314 g/mol. The van der Waals surface area contributed by atoms with Crippen LogP contribution in [-0.4, -0.2) is 11.9 Å². The van der Waals surface area contributed by atoms with Crippen molar-refractivity contribution >= 4 is 40.6 Å². The van der Waals surface area contributed by atoms with E-state index in [1.165, 1.54) is 0 Å². The second-order valence-corrected chi connectivity index (χ2v) is 4.15. The highest BCUT2D eigenvalue weighted by molar-refractivity contribution is 14.1. The molecule has 3 amide bonds. The van der Waals surface area contributed by atoms with Crippen molar-refractivity contribution < 1.29 is 9.59 Å². The lowest BCUT2D eigenvalue weighted by molar-refractivity contribution is -0.115. The van der Waals surface area contributed by atoms with Crippen molar-refractivity contribution in [3.8, 4) is 0 Å². The van der Waals surface area contributed by atoms with Crippen LogP contribution in [0.5, 0.6) is 0 Å². The molecule has 1 aliphatic heterocycles. The summed E-state index contributed by atoms with van der Waals surface area (Å²) in [6, 6.07) is 7.13. The zero-order valence-electron chi connectivity index (χ0n) is 7.58. The van der Waals surface area contributed by atoms with E-state index in [-0.39, 0.29) is 11.6 Å². The molecule has 0 aromatic heterocycles. The highest BCUT2D eigenvalue weighted by Gasteiger charge is 2.22. The van der Waals surface area contributed by atoms with Crippen LogP contribution in [0.4, 0.5) is 4.79 Å². The maximum atomic E-state index is 11.2. The van der Waals surface area contributed by atoms with Gasteiger partial charge in [-0.05, 0) is 40.3 Å². The molecule has 1 fully saturated rings. The zero-order valence-corrected chi connectivity index (χ0v) is 9.74. The molecule has 0 unspecified atom stereocenters. The fourth-order valence-corrected chi connectivity index (χ4v) is 1.77. The SMILES string of the molecule is O=C1NC(=O)/C(=C\c2ccccc2I)N1. The minimum absolute atomic E-state index is 0.282. The summed E-state index contributed by atoms with van der Waals surface area (Å²) in [5.41, 5.74) is 1.19. The molecule has 1 heterocycles. The number of amides is 3. The summed E-state index contributed by atoms with van der Waals surface area (Å²) in [7, 11) is 0. The minimum Gasteiger partial charge on any atom is -0.303 e. The molecule has 0 spiro atoms. The Labute approximate surface area is 99.9 Å². The Balaban J connectivity index is 2.35. The molecule has 0 saturated carbocycles. The van der Waals surface area contributed by atoms with Crippen LogP contribution in [0.3, 0.4) is 0 Å². The van der Waals surface area contributed by atoms with E-state index >= 15 is 0 Å². The number of urea groups is 1. The Bertz CT molecular complexity index is 468. The first-order valence-electron chi connectivity index (χ1n) is 4.25. The van der Waals surface area contributed by atoms with Gasteiger partial charge in [0.1, 0.15) is 5.70 Å². The first kappa shape index (κ1) is 10.2. The van der Waals surface area contributed by atoms with Crippen molar-refractivity contribution in [1.82, 2.24) is 10.6 Å². The highest BCUT2D eigenvalue weighted by Crippen LogP contribution is 2.15. The summed E-state index contributed by atoms with van der Waals surface area (Å²) < 4.78 is 1.02. The number of carbonyl (C=O) groups is 2. The minimum atomic E-state index is -0.475. The van der Waals surface area contributed by atoms with Crippen LogP contribution in [0.2, 0.25) is 0 Å². The predicted molar refractivity (Wildman–Crippen MR) is 63.8 cm³/mol. The summed E-state index contributed by atoms with van der Waals surface area (Å²) in [5.74, 6) is -0.389. The van der Waals surface area contributed by atoms with E-state index in [2.05, 4.69) is 33.2 Å². The van der Waals surface area contributed by atoms with Crippen molar-refractivity contribution in [2.24, 2.45) is 0 Å². The quantitative estimate of drug-likeness (QED) is 0.468. The van der Waals surface area contributed by atoms with Gasteiger partial charge in [0.25, 0.3) is 5.91 Å². The highest BCUT2D eigenvalue weighted by atomic mass is 127. The van der Waals surface area contributed by atoms with E-state index in [9.17, 15) is 9.59 Å². The van der Waals surface area contributed by atoms with E-state index in [1.54, 1.807) is 6.08 Å². The van der Waals surface area contributed by atoms with Gasteiger partial charge in [0, 0.05) is 3.57 Å². The van der Waals surface area contributed by atoms with Crippen LogP contribution in [0.1, 0.15) is 5.56 Å². The molecule has 1 aromatic rings. The van der Waals surface area contributed by atoms with Crippen LogP contribution >= 0.6 is 22.6 Å². The lowest BCUT2D eigenvalue weighted by Gasteiger charge is -1.98. The number of nitrogens with one attached hydrogen (secondary N) is 2. The number of hydrogen-bond donors (Lipinski definition) is 2. The number of rotatable bonds is 1. The molecule has 1 aromatic carbocycles. The van der Waals surface area contributed by atoms with Gasteiger partial charge < -0.3 is 5.32 Å². The molecule has 0 radical (unpaired) electrons. The first-order valence-corrected chi connectivity index (χ1v) is 5.33. The van der Waals surface area contributed by atoms with Gasteiger partial charge in [0.2, 0.25) is 0 Å². The third-order valence-electron chi connectivity index (χ3n) is 1.92. The fraction of sp³-hybridized carbons (Fsp3) is 0. The van der Waals surface area contributed by atoms with Gasteiger partial charge in [-0.25, -0.2) is 4.79 Å². The molecule has 76 valence electrons. The number of benzene rings is 1. The van der Waals surface area contributed by atoms with Crippen molar-refractivity contribution in [2.75, 3.05) is 0 Å². The van der Waals surface area contributed by atoms with Crippen LogP contribution in [-0.2, 0) is 4.79 Å². The monoisotopic (exact) mass is 314 g/mol. The summed E-state index contributed by atoms with van der Waals surface area (Å²) in [6.07, 6.45) is 1.65. The average Bonchev–Trinajstić information content (AvgIpc) is 2.49. The topological polar surface area (TPSA) is 58.2 Å². The van der Waals surface area contributed by atoms with E-state index in [4.69, 9.17) is 0 Å². The molecular formula is C10H7IN2O2. The Hall–Kier alpha value is -1.37. The van der Waals surface area contributed by atoms with Crippen molar-refractivity contribution in [3.05, 3.63) is 39.1 Å². The fourth-order valence-electron chi connectivity index (χ4n) is 1.23. The van der Waals surface area contributed by atoms with Crippen molar-refractivity contribution in [2.45, 2.75) is 0 Å². The lowest BCUT2D eigenvalue weighted by atomic mass is 10.2. The molecule has 0 atom stereocenters. The van der Waals surface area contributed by atoms with Gasteiger partial charge >= 0.3 is 6.03 Å². The molecule has 1 aliphatic rings. The molecule has 5 heteroatoms. The zero-order chi connectivity index (χ0) is 10.8. The normalized spacial score (nSPS) is 17.8. The Morgan fingerprint density at radius 3 is 2.47 bits per heavy atom.